The molecule has 2 rings (SSSR count). The molecular formula is C14H17NO5. The number of carbonyl (C=O) groups excluding carboxylic acids is 1. The number of phenols is 1. The zero-order valence-corrected chi connectivity index (χ0v) is 11.2. The van der Waals surface area contributed by atoms with Crippen molar-refractivity contribution in [3.05, 3.63) is 23.8 Å². The van der Waals surface area contributed by atoms with Crippen LogP contribution < -0.4 is 4.74 Å². The molecule has 1 aliphatic heterocycles. The van der Waals surface area contributed by atoms with Crippen LogP contribution in [0.15, 0.2) is 18.2 Å². The lowest BCUT2D eigenvalue weighted by atomic mass is 9.96. The van der Waals surface area contributed by atoms with Gasteiger partial charge in [-0.25, -0.2) is 0 Å². The van der Waals surface area contributed by atoms with Gasteiger partial charge >= 0.3 is 5.97 Å². The van der Waals surface area contributed by atoms with Gasteiger partial charge in [0.25, 0.3) is 5.91 Å². The highest BCUT2D eigenvalue weighted by Gasteiger charge is 2.27. The lowest BCUT2D eigenvalue weighted by Crippen LogP contribution is -2.40. The van der Waals surface area contributed by atoms with Crippen LogP contribution in [0, 0.1) is 5.92 Å². The fraction of sp³-hybridized carbons (Fsp3) is 0.429. The molecule has 1 amide bonds. The van der Waals surface area contributed by atoms with E-state index in [1.54, 1.807) is 11.0 Å². The van der Waals surface area contributed by atoms with E-state index in [-0.39, 0.29) is 17.6 Å². The molecule has 0 aliphatic carbocycles. The first-order chi connectivity index (χ1) is 9.52. The van der Waals surface area contributed by atoms with Crippen molar-refractivity contribution in [3.63, 3.8) is 0 Å². The largest absolute Gasteiger partial charge is 0.504 e. The number of phenolic OH excluding ortho intramolecular Hbond substituents is 1. The second kappa shape index (κ2) is 5.81. The molecular weight excluding hydrogens is 262 g/mol. The van der Waals surface area contributed by atoms with Gasteiger partial charge in [0.1, 0.15) is 0 Å². The first kappa shape index (κ1) is 14.2. The number of rotatable bonds is 3. The first-order valence-corrected chi connectivity index (χ1v) is 6.42. The molecule has 108 valence electrons. The number of nitrogens with zero attached hydrogens (tertiary/aromatic N) is 1. The van der Waals surface area contributed by atoms with Gasteiger partial charge in [-0.05, 0) is 31.0 Å². The molecule has 1 saturated heterocycles. The number of carboxylic acid groups (broad SMARTS) is 1. The summed E-state index contributed by atoms with van der Waals surface area (Å²) < 4.78 is 4.93. The summed E-state index contributed by atoms with van der Waals surface area (Å²) in [5.74, 6) is -1.15. The van der Waals surface area contributed by atoms with E-state index in [2.05, 4.69) is 0 Å². The summed E-state index contributed by atoms with van der Waals surface area (Å²) in [5.41, 5.74) is 0.372. The van der Waals surface area contributed by atoms with Gasteiger partial charge in [-0.15, -0.1) is 0 Å². The summed E-state index contributed by atoms with van der Waals surface area (Å²) in [4.78, 5) is 24.7. The number of methoxy groups -OCH3 is 1. The summed E-state index contributed by atoms with van der Waals surface area (Å²) >= 11 is 0. The van der Waals surface area contributed by atoms with Crippen molar-refractivity contribution in [1.29, 1.82) is 0 Å². The Morgan fingerprint density at radius 2 is 1.95 bits per heavy atom. The molecule has 0 unspecified atom stereocenters. The highest BCUT2D eigenvalue weighted by Crippen LogP contribution is 2.27. The minimum Gasteiger partial charge on any atom is -0.504 e. The highest BCUT2D eigenvalue weighted by atomic mass is 16.5. The van der Waals surface area contributed by atoms with Crippen molar-refractivity contribution < 1.29 is 24.5 Å². The van der Waals surface area contributed by atoms with E-state index < -0.39 is 5.97 Å². The summed E-state index contributed by atoms with van der Waals surface area (Å²) in [5, 5.41) is 18.6. The number of amides is 1. The lowest BCUT2D eigenvalue weighted by Gasteiger charge is -2.30. The molecule has 6 heteroatoms. The molecule has 1 fully saturated rings. The van der Waals surface area contributed by atoms with E-state index in [1.807, 2.05) is 0 Å². The maximum Gasteiger partial charge on any atom is 0.306 e. The van der Waals surface area contributed by atoms with Crippen LogP contribution in [0.3, 0.4) is 0 Å². The molecule has 6 nitrogen and oxygen atoms in total. The summed E-state index contributed by atoms with van der Waals surface area (Å²) in [7, 11) is 1.44. The Balaban J connectivity index is 2.05. The van der Waals surface area contributed by atoms with E-state index in [0.717, 1.165) is 0 Å². The van der Waals surface area contributed by atoms with Gasteiger partial charge in [-0.2, -0.15) is 0 Å². The van der Waals surface area contributed by atoms with Crippen molar-refractivity contribution in [3.8, 4) is 11.5 Å². The maximum absolute atomic E-state index is 12.3. The Morgan fingerprint density at radius 3 is 2.45 bits per heavy atom. The fourth-order valence-corrected chi connectivity index (χ4v) is 2.34. The number of benzene rings is 1. The fourth-order valence-electron chi connectivity index (χ4n) is 2.34. The minimum absolute atomic E-state index is 0.0845. The van der Waals surface area contributed by atoms with Gasteiger partial charge in [-0.3, -0.25) is 9.59 Å². The van der Waals surface area contributed by atoms with Crippen LogP contribution in [0.1, 0.15) is 23.2 Å². The van der Waals surface area contributed by atoms with Crippen molar-refractivity contribution in [1.82, 2.24) is 4.90 Å². The van der Waals surface area contributed by atoms with Crippen LogP contribution in [0.5, 0.6) is 11.5 Å². The standard InChI is InChI=1S/C14H17NO5/c1-20-12-3-2-10(8-11(12)16)13(17)15-6-4-9(5-7-15)14(18)19/h2-3,8-9,16H,4-7H2,1H3,(H,18,19). The molecule has 1 aromatic carbocycles. The van der Waals surface area contributed by atoms with Crippen molar-refractivity contribution in [2.75, 3.05) is 20.2 Å². The SMILES string of the molecule is COc1ccc(C(=O)N2CCC(C(=O)O)CC2)cc1O. The minimum atomic E-state index is -0.806. The average Bonchev–Trinajstić information content (AvgIpc) is 2.46. The van der Waals surface area contributed by atoms with Gasteiger partial charge in [0.15, 0.2) is 11.5 Å². The number of aliphatic carboxylic acids is 1. The third-order valence-corrected chi connectivity index (χ3v) is 3.56. The monoisotopic (exact) mass is 279 g/mol. The predicted octanol–water partition coefficient (Wildman–Crippen LogP) is 1.34. The van der Waals surface area contributed by atoms with E-state index in [9.17, 15) is 14.7 Å². The Kier molecular flexibility index (Phi) is 4.12. The quantitative estimate of drug-likeness (QED) is 0.871. The Labute approximate surface area is 116 Å². The van der Waals surface area contributed by atoms with Crippen LogP contribution in [0.2, 0.25) is 0 Å². The second-order valence-corrected chi connectivity index (χ2v) is 4.79. The third-order valence-electron chi connectivity index (χ3n) is 3.56. The third kappa shape index (κ3) is 2.84. The number of hydrogen-bond acceptors (Lipinski definition) is 4. The van der Waals surface area contributed by atoms with Gasteiger partial charge in [0.2, 0.25) is 0 Å². The van der Waals surface area contributed by atoms with E-state index >= 15 is 0 Å². The molecule has 0 saturated carbocycles. The number of piperidine rings is 1. The maximum atomic E-state index is 12.3. The van der Waals surface area contributed by atoms with Gasteiger partial charge < -0.3 is 19.8 Å². The van der Waals surface area contributed by atoms with E-state index in [0.29, 0.717) is 37.2 Å². The molecule has 2 N–H and O–H groups in total. The number of carbonyl (C=O) groups is 2. The number of aromatic hydroxyl groups is 1. The second-order valence-electron chi connectivity index (χ2n) is 4.79. The lowest BCUT2D eigenvalue weighted by molar-refractivity contribution is -0.143. The first-order valence-electron chi connectivity index (χ1n) is 6.42. The molecule has 1 aromatic rings. The van der Waals surface area contributed by atoms with Gasteiger partial charge in [-0.1, -0.05) is 0 Å². The normalized spacial score (nSPS) is 15.9. The average molecular weight is 279 g/mol. The molecule has 1 aliphatic rings. The van der Waals surface area contributed by atoms with Crippen LogP contribution in [0.25, 0.3) is 0 Å². The topological polar surface area (TPSA) is 87.1 Å². The molecule has 0 spiro atoms. The zero-order chi connectivity index (χ0) is 14.7. The number of carboxylic acids is 1. The molecule has 20 heavy (non-hydrogen) atoms. The van der Waals surface area contributed by atoms with Crippen molar-refractivity contribution in [2.45, 2.75) is 12.8 Å². The van der Waals surface area contributed by atoms with Crippen LogP contribution >= 0.6 is 0 Å². The molecule has 1 heterocycles. The van der Waals surface area contributed by atoms with E-state index in [1.165, 1.54) is 19.2 Å². The smallest absolute Gasteiger partial charge is 0.306 e. The predicted molar refractivity (Wildman–Crippen MR) is 70.9 cm³/mol. The Bertz CT molecular complexity index is 520. The van der Waals surface area contributed by atoms with Crippen LogP contribution in [-0.2, 0) is 4.79 Å². The van der Waals surface area contributed by atoms with Crippen molar-refractivity contribution >= 4 is 11.9 Å². The molecule has 0 bridgehead atoms. The van der Waals surface area contributed by atoms with Crippen LogP contribution in [0.4, 0.5) is 0 Å². The number of hydrogen-bond donors (Lipinski definition) is 2. The van der Waals surface area contributed by atoms with Gasteiger partial charge in [0.05, 0.1) is 13.0 Å². The Morgan fingerprint density at radius 1 is 1.30 bits per heavy atom. The number of likely N-dealkylation sites (tertiary alicyclic amines) is 1. The summed E-state index contributed by atoms with van der Waals surface area (Å²) in [6, 6.07) is 4.49. The Hall–Kier alpha value is -2.24. The van der Waals surface area contributed by atoms with Crippen molar-refractivity contribution in [2.24, 2.45) is 5.92 Å². The summed E-state index contributed by atoms with van der Waals surface area (Å²) in [6.45, 7) is 0.838. The molecule has 0 aromatic heterocycles. The number of ether oxygens (including phenoxy) is 1. The van der Waals surface area contributed by atoms with E-state index in [4.69, 9.17) is 9.84 Å². The van der Waals surface area contributed by atoms with Crippen LogP contribution in [-0.4, -0.2) is 47.2 Å². The molecule has 0 atom stereocenters. The van der Waals surface area contributed by atoms with Gasteiger partial charge in [0, 0.05) is 18.7 Å². The molecule has 0 radical (unpaired) electrons. The highest BCUT2D eigenvalue weighted by molar-refractivity contribution is 5.95. The summed E-state index contributed by atoms with van der Waals surface area (Å²) in [6.07, 6.45) is 0.923. The zero-order valence-electron chi connectivity index (χ0n) is 11.2.